The van der Waals surface area contributed by atoms with Crippen molar-refractivity contribution in [2.24, 2.45) is 0 Å². The molecule has 5 heteroatoms. The van der Waals surface area contributed by atoms with E-state index in [-0.39, 0.29) is 11.3 Å². The highest BCUT2D eigenvalue weighted by molar-refractivity contribution is 7.22. The average molecular weight is 382 g/mol. The Morgan fingerprint density at radius 3 is 2.26 bits per heavy atom. The lowest BCUT2D eigenvalue weighted by Gasteiger charge is -2.23. The minimum Gasteiger partial charge on any atom is -0.308 e. The van der Waals surface area contributed by atoms with Crippen molar-refractivity contribution in [2.75, 3.05) is 32.1 Å². The zero-order valence-electron chi connectivity index (χ0n) is 16.7. The van der Waals surface area contributed by atoms with Crippen LogP contribution in [0, 0.1) is 0 Å². The highest BCUT2D eigenvalue weighted by atomic mass is 32.1. The van der Waals surface area contributed by atoms with Crippen molar-refractivity contribution in [3.05, 3.63) is 59.7 Å². The molecule has 4 nitrogen and oxygen atoms in total. The van der Waals surface area contributed by atoms with Crippen LogP contribution >= 0.6 is 11.3 Å². The summed E-state index contributed by atoms with van der Waals surface area (Å²) in [5.74, 6) is -0.00337. The summed E-state index contributed by atoms with van der Waals surface area (Å²) in [6.45, 7) is 7.91. The van der Waals surface area contributed by atoms with Crippen molar-refractivity contribution < 1.29 is 4.79 Å². The number of fused-ring (bicyclic) bond motifs is 1. The number of benzene rings is 2. The molecule has 0 saturated heterocycles. The molecule has 0 fully saturated rings. The first kappa shape index (κ1) is 19.5. The van der Waals surface area contributed by atoms with E-state index in [1.807, 2.05) is 50.5 Å². The molecule has 0 aliphatic rings. The van der Waals surface area contributed by atoms with Crippen molar-refractivity contribution in [3.63, 3.8) is 0 Å². The molecule has 0 atom stereocenters. The quantitative estimate of drug-likeness (QED) is 0.637. The molecule has 0 N–H and O–H groups in total. The zero-order valence-corrected chi connectivity index (χ0v) is 17.5. The van der Waals surface area contributed by atoms with Gasteiger partial charge in [0.05, 0.1) is 10.2 Å². The monoisotopic (exact) mass is 381 g/mol. The number of aromatic nitrogens is 1. The number of para-hydroxylation sites is 1. The third-order valence-corrected chi connectivity index (χ3v) is 5.59. The first-order chi connectivity index (χ1) is 12.8. The van der Waals surface area contributed by atoms with Gasteiger partial charge in [0.1, 0.15) is 0 Å². The summed E-state index contributed by atoms with van der Waals surface area (Å²) in [6, 6.07) is 16.0. The van der Waals surface area contributed by atoms with E-state index in [0.29, 0.717) is 12.1 Å². The Bertz CT molecular complexity index is 890. The molecule has 0 unspecified atom stereocenters. The van der Waals surface area contributed by atoms with Crippen LogP contribution in [-0.4, -0.2) is 43.0 Å². The number of carbonyl (C=O) groups excluding carboxylic acids is 1. The van der Waals surface area contributed by atoms with Crippen molar-refractivity contribution >= 4 is 32.6 Å². The number of nitrogens with zero attached hydrogens (tertiary/aromatic N) is 3. The minimum atomic E-state index is -0.00337. The lowest BCUT2D eigenvalue weighted by Crippen LogP contribution is -2.36. The fraction of sp³-hybridized carbons (Fsp3) is 0.364. The maximum absolute atomic E-state index is 13.3. The predicted octanol–water partition coefficient (Wildman–Crippen LogP) is 4.80. The van der Waals surface area contributed by atoms with E-state index < -0.39 is 0 Å². The first-order valence-electron chi connectivity index (χ1n) is 9.18. The third kappa shape index (κ3) is 4.54. The largest absolute Gasteiger partial charge is 0.308 e. The number of anilines is 1. The summed E-state index contributed by atoms with van der Waals surface area (Å²) >= 11 is 1.56. The van der Waals surface area contributed by atoms with Gasteiger partial charge in [-0.05, 0) is 49.3 Å². The van der Waals surface area contributed by atoms with Crippen LogP contribution in [0.15, 0.2) is 48.5 Å². The maximum Gasteiger partial charge on any atom is 0.260 e. The number of rotatable bonds is 5. The predicted molar refractivity (Wildman–Crippen MR) is 115 cm³/mol. The van der Waals surface area contributed by atoms with Gasteiger partial charge in [-0.25, -0.2) is 4.98 Å². The van der Waals surface area contributed by atoms with Crippen LogP contribution in [0.1, 0.15) is 36.7 Å². The Morgan fingerprint density at radius 1 is 1.00 bits per heavy atom. The molecule has 3 aromatic rings. The summed E-state index contributed by atoms with van der Waals surface area (Å²) in [5, 5.41) is 0.753. The third-order valence-electron chi connectivity index (χ3n) is 4.53. The van der Waals surface area contributed by atoms with Crippen molar-refractivity contribution in [1.29, 1.82) is 0 Å². The molecule has 1 aromatic heterocycles. The normalized spacial score (nSPS) is 11.9. The van der Waals surface area contributed by atoms with Crippen LogP contribution in [0.5, 0.6) is 0 Å². The molecule has 0 spiro atoms. The van der Waals surface area contributed by atoms with E-state index in [9.17, 15) is 4.79 Å². The lowest BCUT2D eigenvalue weighted by molar-refractivity contribution is 0.0985. The first-order valence-corrected chi connectivity index (χ1v) is 10.00. The number of thiazole rings is 1. The van der Waals surface area contributed by atoms with Crippen molar-refractivity contribution in [3.8, 4) is 0 Å². The minimum absolute atomic E-state index is 0.00337. The fourth-order valence-electron chi connectivity index (χ4n) is 2.83. The summed E-state index contributed by atoms with van der Waals surface area (Å²) in [6.07, 6.45) is 0. The molecule has 1 heterocycles. The Labute approximate surface area is 165 Å². The van der Waals surface area contributed by atoms with Gasteiger partial charge < -0.3 is 4.90 Å². The lowest BCUT2D eigenvalue weighted by atomic mass is 9.86. The van der Waals surface area contributed by atoms with E-state index in [4.69, 9.17) is 4.98 Å². The molecule has 0 aliphatic heterocycles. The molecule has 0 radical (unpaired) electrons. The molecule has 2 aromatic carbocycles. The second-order valence-electron chi connectivity index (χ2n) is 8.05. The summed E-state index contributed by atoms with van der Waals surface area (Å²) < 4.78 is 1.10. The van der Waals surface area contributed by atoms with Gasteiger partial charge in [-0.1, -0.05) is 56.4 Å². The second kappa shape index (κ2) is 7.79. The van der Waals surface area contributed by atoms with E-state index in [1.165, 1.54) is 5.56 Å². The molecule has 1 amide bonds. The SMILES string of the molecule is CN(C)CCN(C(=O)c1ccc(C(C)(C)C)cc1)c1nc2ccccc2s1. The van der Waals surface area contributed by atoms with E-state index in [1.54, 1.807) is 16.2 Å². The highest BCUT2D eigenvalue weighted by Gasteiger charge is 2.22. The molecular weight excluding hydrogens is 354 g/mol. The maximum atomic E-state index is 13.3. The molecular formula is C22H27N3OS. The average Bonchev–Trinajstić information content (AvgIpc) is 3.04. The Hall–Kier alpha value is -2.24. The van der Waals surface area contributed by atoms with Crippen LogP contribution in [0.4, 0.5) is 5.13 Å². The molecule has 27 heavy (non-hydrogen) atoms. The van der Waals surface area contributed by atoms with E-state index in [2.05, 4.69) is 37.8 Å². The van der Waals surface area contributed by atoms with Gasteiger partial charge in [-0.2, -0.15) is 0 Å². The zero-order chi connectivity index (χ0) is 19.6. The van der Waals surface area contributed by atoms with Crippen molar-refractivity contribution in [1.82, 2.24) is 9.88 Å². The summed E-state index contributed by atoms with van der Waals surface area (Å²) in [5.41, 5.74) is 2.92. The number of hydrogen-bond donors (Lipinski definition) is 0. The fourth-order valence-corrected chi connectivity index (χ4v) is 3.82. The molecule has 0 bridgehead atoms. The standard InChI is InChI=1S/C22H27N3OS/c1-22(2,3)17-12-10-16(11-13-17)20(26)25(15-14-24(4)5)21-23-18-8-6-7-9-19(18)27-21/h6-13H,14-15H2,1-5H3. The van der Waals surface area contributed by atoms with E-state index >= 15 is 0 Å². The molecule has 3 rings (SSSR count). The Morgan fingerprint density at radius 2 is 1.67 bits per heavy atom. The van der Waals surface area contributed by atoms with Crippen LogP contribution in [0.25, 0.3) is 10.2 Å². The van der Waals surface area contributed by atoms with Gasteiger partial charge >= 0.3 is 0 Å². The molecule has 0 aliphatic carbocycles. The van der Waals surface area contributed by atoms with E-state index in [0.717, 1.165) is 21.9 Å². The summed E-state index contributed by atoms with van der Waals surface area (Å²) in [7, 11) is 4.03. The topological polar surface area (TPSA) is 36.4 Å². The number of hydrogen-bond acceptors (Lipinski definition) is 4. The number of amides is 1. The molecule has 0 saturated carbocycles. The van der Waals surface area contributed by atoms with Gasteiger partial charge in [0.2, 0.25) is 0 Å². The number of carbonyl (C=O) groups is 1. The Kier molecular flexibility index (Phi) is 5.63. The van der Waals surface area contributed by atoms with Gasteiger partial charge in [0.25, 0.3) is 5.91 Å². The van der Waals surface area contributed by atoms with Crippen LogP contribution in [0.3, 0.4) is 0 Å². The number of likely N-dealkylation sites (N-methyl/N-ethyl adjacent to an activating group) is 1. The van der Waals surface area contributed by atoms with Gasteiger partial charge in [0.15, 0.2) is 5.13 Å². The van der Waals surface area contributed by atoms with Gasteiger partial charge in [-0.3, -0.25) is 9.69 Å². The van der Waals surface area contributed by atoms with Crippen molar-refractivity contribution in [2.45, 2.75) is 26.2 Å². The van der Waals surface area contributed by atoms with Crippen LogP contribution < -0.4 is 4.90 Å². The Balaban J connectivity index is 1.93. The van der Waals surface area contributed by atoms with Gasteiger partial charge in [0, 0.05) is 18.7 Å². The van der Waals surface area contributed by atoms with Gasteiger partial charge in [-0.15, -0.1) is 0 Å². The van der Waals surface area contributed by atoms with Crippen LogP contribution in [0.2, 0.25) is 0 Å². The summed E-state index contributed by atoms with van der Waals surface area (Å²) in [4.78, 5) is 21.9. The molecule has 142 valence electrons. The second-order valence-corrected chi connectivity index (χ2v) is 9.06. The highest BCUT2D eigenvalue weighted by Crippen LogP contribution is 2.30. The smallest absolute Gasteiger partial charge is 0.260 e. The van der Waals surface area contributed by atoms with Crippen LogP contribution in [-0.2, 0) is 5.41 Å².